The minimum atomic E-state index is -3.99. The van der Waals surface area contributed by atoms with E-state index < -0.39 is 15.8 Å². The molecule has 0 atom stereocenters. The molecule has 1 fully saturated rings. The van der Waals surface area contributed by atoms with Gasteiger partial charge in [0.05, 0.1) is 4.70 Å². The number of halogens is 1. The minimum absolute atomic E-state index is 0.355. The third kappa shape index (κ3) is 4.91. The van der Waals surface area contributed by atoms with Gasteiger partial charge in [-0.05, 0) is 59.9 Å². The van der Waals surface area contributed by atoms with Crippen LogP contribution in [0.15, 0.2) is 77.7 Å². The van der Waals surface area contributed by atoms with Crippen molar-refractivity contribution >= 4 is 43.1 Å². The Labute approximate surface area is 202 Å². The molecule has 0 aliphatic carbocycles. The molecule has 0 radical (unpaired) electrons. The Balaban J connectivity index is 1.17. The molecule has 176 valence electrons. The van der Waals surface area contributed by atoms with E-state index >= 15 is 0 Å². The van der Waals surface area contributed by atoms with Gasteiger partial charge >= 0.3 is 0 Å². The Morgan fingerprint density at radius 3 is 2.53 bits per heavy atom. The summed E-state index contributed by atoms with van der Waals surface area (Å²) < 4.78 is 47.5. The first-order chi connectivity index (χ1) is 16.5. The zero-order chi connectivity index (χ0) is 23.5. The second kappa shape index (κ2) is 9.69. The second-order valence-corrected chi connectivity index (χ2v) is 10.8. The van der Waals surface area contributed by atoms with Crippen molar-refractivity contribution in [2.75, 3.05) is 42.3 Å². The van der Waals surface area contributed by atoms with E-state index in [1.54, 1.807) is 17.6 Å². The summed E-state index contributed by atoms with van der Waals surface area (Å²) in [5.74, 6) is 0.311. The number of hydrogen-bond acceptors (Lipinski definition) is 6. The first kappa shape index (κ1) is 22.8. The Morgan fingerprint density at radius 2 is 1.71 bits per heavy atom. The number of piperazine rings is 1. The second-order valence-electron chi connectivity index (χ2n) is 8.32. The third-order valence-electron chi connectivity index (χ3n) is 6.05. The van der Waals surface area contributed by atoms with Gasteiger partial charge in [-0.2, -0.15) is 4.37 Å². The van der Waals surface area contributed by atoms with Crippen LogP contribution in [0.2, 0.25) is 0 Å². The molecule has 0 amide bonds. The van der Waals surface area contributed by atoms with Crippen LogP contribution in [0.3, 0.4) is 0 Å². The lowest BCUT2D eigenvalue weighted by Gasteiger charge is -2.35. The molecular weight excluding hydrogens is 471 g/mol. The molecule has 4 aromatic rings. The van der Waals surface area contributed by atoms with Gasteiger partial charge in [-0.15, -0.1) is 0 Å². The van der Waals surface area contributed by atoms with Crippen molar-refractivity contribution in [3.8, 4) is 0 Å². The highest BCUT2D eigenvalue weighted by Crippen LogP contribution is 2.30. The lowest BCUT2D eigenvalue weighted by Crippen LogP contribution is -2.47. The van der Waals surface area contributed by atoms with Gasteiger partial charge in [0.1, 0.15) is 16.5 Å². The zero-order valence-corrected chi connectivity index (χ0v) is 20.2. The molecule has 9 heteroatoms. The fraction of sp³-hybridized carbons (Fsp3) is 0.240. The Hall–Kier alpha value is -3.01. The Kier molecular flexibility index (Phi) is 6.49. The van der Waals surface area contributed by atoms with Crippen LogP contribution in [-0.2, 0) is 16.4 Å². The zero-order valence-electron chi connectivity index (χ0n) is 18.5. The van der Waals surface area contributed by atoms with Crippen LogP contribution in [0.4, 0.5) is 15.9 Å². The van der Waals surface area contributed by atoms with Crippen LogP contribution in [0.1, 0.15) is 5.56 Å². The van der Waals surface area contributed by atoms with E-state index in [-0.39, 0.29) is 4.90 Å². The van der Waals surface area contributed by atoms with Gasteiger partial charge in [0.25, 0.3) is 10.0 Å². The van der Waals surface area contributed by atoms with Crippen molar-refractivity contribution in [2.45, 2.75) is 11.3 Å². The number of fused-ring (bicyclic) bond motifs is 1. The highest BCUT2D eigenvalue weighted by atomic mass is 32.2. The number of benzene rings is 3. The monoisotopic (exact) mass is 496 g/mol. The highest BCUT2D eigenvalue weighted by molar-refractivity contribution is 7.92. The number of hydrogen-bond donors (Lipinski definition) is 1. The molecule has 0 bridgehead atoms. The number of sulfonamides is 1. The van der Waals surface area contributed by atoms with Gasteiger partial charge in [-0.25, -0.2) is 12.8 Å². The average molecular weight is 497 g/mol. The van der Waals surface area contributed by atoms with Gasteiger partial charge in [-0.1, -0.05) is 36.4 Å². The quantitative estimate of drug-likeness (QED) is 0.405. The summed E-state index contributed by atoms with van der Waals surface area (Å²) in [5.41, 5.74) is 1.46. The summed E-state index contributed by atoms with van der Waals surface area (Å²) in [6.45, 7) is 4.64. The van der Waals surface area contributed by atoms with Crippen LogP contribution in [0.25, 0.3) is 10.1 Å². The molecule has 0 unspecified atom stereocenters. The molecule has 34 heavy (non-hydrogen) atoms. The van der Waals surface area contributed by atoms with Crippen molar-refractivity contribution in [2.24, 2.45) is 0 Å². The average Bonchev–Trinajstić information content (AvgIpc) is 3.27. The summed E-state index contributed by atoms with van der Waals surface area (Å²) in [7, 11) is -3.99. The lowest BCUT2D eigenvalue weighted by molar-refractivity contribution is 0.261. The summed E-state index contributed by atoms with van der Waals surface area (Å²) in [6, 6.07) is 21.0. The molecule has 2 heterocycles. The molecule has 1 aliphatic rings. The third-order valence-corrected chi connectivity index (χ3v) is 8.28. The Bertz CT molecular complexity index is 1400. The van der Waals surface area contributed by atoms with Crippen molar-refractivity contribution in [3.05, 3.63) is 84.2 Å². The predicted molar refractivity (Wildman–Crippen MR) is 136 cm³/mol. The van der Waals surface area contributed by atoms with Crippen molar-refractivity contribution < 1.29 is 12.8 Å². The number of rotatable bonds is 7. The van der Waals surface area contributed by atoms with Crippen molar-refractivity contribution in [1.82, 2.24) is 9.27 Å². The summed E-state index contributed by atoms with van der Waals surface area (Å²) in [5, 5.41) is 1.22. The van der Waals surface area contributed by atoms with Crippen LogP contribution in [0.5, 0.6) is 0 Å². The molecule has 0 saturated carbocycles. The summed E-state index contributed by atoms with van der Waals surface area (Å²) in [6.07, 6.45) is 0.800. The van der Waals surface area contributed by atoms with Gasteiger partial charge in [-0.3, -0.25) is 9.62 Å². The first-order valence-corrected chi connectivity index (χ1v) is 13.4. The minimum Gasteiger partial charge on any atom is -0.353 e. The molecule has 3 aromatic carbocycles. The predicted octanol–water partition coefficient (Wildman–Crippen LogP) is 4.60. The number of anilines is 2. The van der Waals surface area contributed by atoms with E-state index in [0.29, 0.717) is 5.69 Å². The number of aromatic nitrogens is 1. The first-order valence-electron chi connectivity index (χ1n) is 11.2. The van der Waals surface area contributed by atoms with Gasteiger partial charge in [0.15, 0.2) is 0 Å². The molecule has 1 aromatic heterocycles. The maximum absolute atomic E-state index is 14.0. The molecule has 1 saturated heterocycles. The van der Waals surface area contributed by atoms with E-state index in [1.807, 2.05) is 24.3 Å². The van der Waals surface area contributed by atoms with E-state index in [4.69, 9.17) is 0 Å². The molecule has 6 nitrogen and oxygen atoms in total. The standard InChI is InChI=1S/C25H25FN4O2S2/c26-22-9-2-4-11-24(22)34(31,32)28-20-7-5-6-19(18-20)12-13-29-14-16-30(17-15-29)25-21-8-1-3-10-23(21)33-27-25/h1-11,18,28H,12-17H2. The van der Waals surface area contributed by atoms with E-state index in [2.05, 4.69) is 37.1 Å². The van der Waals surface area contributed by atoms with Crippen LogP contribution in [-0.4, -0.2) is 50.4 Å². The number of nitrogens with one attached hydrogen (secondary N) is 1. The van der Waals surface area contributed by atoms with Crippen LogP contribution in [0, 0.1) is 5.82 Å². The van der Waals surface area contributed by atoms with E-state index in [0.717, 1.165) is 56.6 Å². The maximum atomic E-state index is 14.0. The van der Waals surface area contributed by atoms with Gasteiger partial charge < -0.3 is 4.90 Å². The van der Waals surface area contributed by atoms with Crippen molar-refractivity contribution in [1.29, 1.82) is 0 Å². The SMILES string of the molecule is O=S(=O)(Nc1cccc(CCN2CCN(c3nsc4ccccc34)CC2)c1)c1ccccc1F. The largest absolute Gasteiger partial charge is 0.353 e. The van der Waals surface area contributed by atoms with E-state index in [9.17, 15) is 12.8 Å². The Morgan fingerprint density at radius 1 is 0.941 bits per heavy atom. The fourth-order valence-corrected chi connectivity index (χ4v) is 6.16. The fourth-order valence-electron chi connectivity index (χ4n) is 4.23. The van der Waals surface area contributed by atoms with Gasteiger partial charge in [0.2, 0.25) is 0 Å². The summed E-state index contributed by atoms with van der Waals surface area (Å²) in [4.78, 5) is 4.42. The normalized spacial score (nSPS) is 15.0. The number of nitrogens with zero attached hydrogens (tertiary/aromatic N) is 3. The molecule has 5 rings (SSSR count). The molecule has 1 N–H and O–H groups in total. The van der Waals surface area contributed by atoms with E-state index in [1.165, 1.54) is 28.3 Å². The molecule has 1 aliphatic heterocycles. The smallest absolute Gasteiger partial charge is 0.264 e. The van der Waals surface area contributed by atoms with Gasteiger partial charge in [0, 0.05) is 43.8 Å². The highest BCUT2D eigenvalue weighted by Gasteiger charge is 2.21. The molecular formula is C25H25FN4O2S2. The van der Waals surface area contributed by atoms with Crippen LogP contribution >= 0.6 is 11.5 Å². The lowest BCUT2D eigenvalue weighted by atomic mass is 10.1. The van der Waals surface area contributed by atoms with Crippen LogP contribution < -0.4 is 9.62 Å². The molecule has 0 spiro atoms. The maximum Gasteiger partial charge on any atom is 0.264 e. The van der Waals surface area contributed by atoms with Crippen molar-refractivity contribution in [3.63, 3.8) is 0 Å². The topological polar surface area (TPSA) is 65.5 Å². The summed E-state index contributed by atoms with van der Waals surface area (Å²) >= 11 is 1.55.